The summed E-state index contributed by atoms with van der Waals surface area (Å²) in [7, 11) is 1.95. The Bertz CT molecular complexity index is 455. The van der Waals surface area contributed by atoms with Crippen molar-refractivity contribution in [3.8, 4) is 5.75 Å². The van der Waals surface area contributed by atoms with Crippen molar-refractivity contribution >= 4 is 0 Å². The van der Waals surface area contributed by atoms with Crippen molar-refractivity contribution in [2.24, 2.45) is 0 Å². The van der Waals surface area contributed by atoms with Gasteiger partial charge in [-0.15, -0.1) is 0 Å². The summed E-state index contributed by atoms with van der Waals surface area (Å²) >= 11 is 0. The molecule has 0 aliphatic carbocycles. The molecule has 2 atom stereocenters. The molecule has 0 bridgehead atoms. The van der Waals surface area contributed by atoms with Gasteiger partial charge in [-0.3, -0.25) is 0 Å². The first-order valence-corrected chi connectivity index (χ1v) is 6.25. The molecule has 0 fully saturated rings. The Morgan fingerprint density at radius 3 is 2.00 bits per heavy atom. The van der Waals surface area contributed by atoms with Crippen molar-refractivity contribution in [2.75, 3.05) is 7.05 Å². The largest absolute Gasteiger partial charge is 0.484 e. The van der Waals surface area contributed by atoms with Crippen LogP contribution in [-0.2, 0) is 0 Å². The summed E-state index contributed by atoms with van der Waals surface area (Å²) in [6, 6.07) is 20.5. The predicted molar refractivity (Wildman–Crippen MR) is 74.8 cm³/mol. The third-order valence-corrected chi connectivity index (χ3v) is 3.04. The van der Waals surface area contributed by atoms with Gasteiger partial charge in [-0.2, -0.15) is 0 Å². The van der Waals surface area contributed by atoms with Crippen molar-refractivity contribution in [3.05, 3.63) is 66.2 Å². The van der Waals surface area contributed by atoms with E-state index in [1.807, 2.05) is 55.6 Å². The Morgan fingerprint density at radius 2 is 1.44 bits per heavy atom. The molecule has 94 valence electrons. The number of likely N-dealkylation sites (N-methyl/N-ethyl adjacent to an activating group) is 1. The van der Waals surface area contributed by atoms with E-state index in [9.17, 15) is 0 Å². The van der Waals surface area contributed by atoms with Crippen LogP contribution in [0.25, 0.3) is 0 Å². The molecule has 0 spiro atoms. The van der Waals surface area contributed by atoms with E-state index in [0.29, 0.717) is 0 Å². The number of rotatable bonds is 5. The monoisotopic (exact) mass is 241 g/mol. The van der Waals surface area contributed by atoms with E-state index in [0.717, 1.165) is 5.75 Å². The van der Waals surface area contributed by atoms with Crippen LogP contribution in [0.5, 0.6) is 5.75 Å². The Kier molecular flexibility index (Phi) is 4.37. The van der Waals surface area contributed by atoms with Gasteiger partial charge >= 0.3 is 0 Å². The number of benzene rings is 2. The first-order chi connectivity index (χ1) is 8.81. The quantitative estimate of drug-likeness (QED) is 0.866. The number of nitrogens with one attached hydrogen (secondary N) is 1. The Labute approximate surface area is 109 Å². The second kappa shape index (κ2) is 6.22. The van der Waals surface area contributed by atoms with Crippen LogP contribution in [0.2, 0.25) is 0 Å². The second-order valence-electron chi connectivity index (χ2n) is 4.34. The van der Waals surface area contributed by atoms with Crippen molar-refractivity contribution in [2.45, 2.75) is 19.1 Å². The van der Waals surface area contributed by atoms with Crippen molar-refractivity contribution in [1.29, 1.82) is 0 Å². The zero-order chi connectivity index (χ0) is 12.8. The fourth-order valence-electron chi connectivity index (χ4n) is 1.90. The van der Waals surface area contributed by atoms with Crippen LogP contribution in [-0.4, -0.2) is 13.1 Å². The van der Waals surface area contributed by atoms with E-state index >= 15 is 0 Å². The lowest BCUT2D eigenvalue weighted by atomic mass is 10.0. The van der Waals surface area contributed by atoms with E-state index in [1.165, 1.54) is 5.56 Å². The topological polar surface area (TPSA) is 21.3 Å². The Morgan fingerprint density at radius 1 is 0.889 bits per heavy atom. The van der Waals surface area contributed by atoms with Crippen LogP contribution in [0, 0.1) is 0 Å². The Balaban J connectivity index is 2.21. The molecule has 0 saturated heterocycles. The van der Waals surface area contributed by atoms with Crippen LogP contribution in [0.1, 0.15) is 18.6 Å². The lowest BCUT2D eigenvalue weighted by molar-refractivity contribution is 0.166. The van der Waals surface area contributed by atoms with Crippen LogP contribution in [0.3, 0.4) is 0 Å². The summed E-state index contributed by atoms with van der Waals surface area (Å²) in [6.45, 7) is 2.13. The van der Waals surface area contributed by atoms with Gasteiger partial charge in [0.2, 0.25) is 0 Å². The highest BCUT2D eigenvalue weighted by molar-refractivity contribution is 5.25. The third kappa shape index (κ3) is 3.11. The van der Waals surface area contributed by atoms with Crippen molar-refractivity contribution in [3.63, 3.8) is 0 Å². The van der Waals surface area contributed by atoms with Gasteiger partial charge in [-0.1, -0.05) is 48.5 Å². The summed E-state index contributed by atoms with van der Waals surface area (Å²) in [5, 5.41) is 3.26. The van der Waals surface area contributed by atoms with Gasteiger partial charge in [0.25, 0.3) is 0 Å². The fourth-order valence-corrected chi connectivity index (χ4v) is 1.90. The molecule has 2 unspecified atom stereocenters. The molecule has 2 rings (SSSR count). The summed E-state index contributed by atoms with van der Waals surface area (Å²) in [5.74, 6) is 0.897. The summed E-state index contributed by atoms with van der Waals surface area (Å²) in [5.41, 5.74) is 1.18. The number of ether oxygens (including phenoxy) is 1. The number of hydrogen-bond donors (Lipinski definition) is 1. The SMILES string of the molecule is CNC(C)C(Oc1ccccc1)c1ccccc1. The normalized spacial score (nSPS) is 13.9. The minimum Gasteiger partial charge on any atom is -0.484 e. The average Bonchev–Trinajstić information content (AvgIpc) is 2.46. The fraction of sp³-hybridized carbons (Fsp3) is 0.250. The molecule has 2 aromatic rings. The predicted octanol–water partition coefficient (Wildman–Crippen LogP) is 3.41. The zero-order valence-corrected chi connectivity index (χ0v) is 10.8. The van der Waals surface area contributed by atoms with Crippen molar-refractivity contribution < 1.29 is 4.74 Å². The highest BCUT2D eigenvalue weighted by Crippen LogP contribution is 2.24. The van der Waals surface area contributed by atoms with E-state index < -0.39 is 0 Å². The van der Waals surface area contributed by atoms with Crippen LogP contribution >= 0.6 is 0 Å². The van der Waals surface area contributed by atoms with Gasteiger partial charge in [-0.05, 0) is 31.7 Å². The summed E-state index contributed by atoms with van der Waals surface area (Å²) < 4.78 is 6.09. The van der Waals surface area contributed by atoms with E-state index in [4.69, 9.17) is 4.74 Å². The highest BCUT2D eigenvalue weighted by Gasteiger charge is 2.19. The highest BCUT2D eigenvalue weighted by atomic mass is 16.5. The number of hydrogen-bond acceptors (Lipinski definition) is 2. The maximum absolute atomic E-state index is 6.09. The minimum atomic E-state index is 0.0126. The van der Waals surface area contributed by atoms with E-state index in [2.05, 4.69) is 24.4 Å². The molecule has 0 radical (unpaired) electrons. The smallest absolute Gasteiger partial charge is 0.139 e. The second-order valence-corrected chi connectivity index (χ2v) is 4.34. The minimum absolute atomic E-state index is 0.0126. The molecule has 0 saturated carbocycles. The molecular weight excluding hydrogens is 222 g/mol. The van der Waals surface area contributed by atoms with Crippen LogP contribution in [0.4, 0.5) is 0 Å². The molecule has 1 N–H and O–H groups in total. The molecule has 0 aromatic heterocycles. The number of para-hydroxylation sites is 1. The zero-order valence-electron chi connectivity index (χ0n) is 10.8. The molecule has 2 aromatic carbocycles. The molecular formula is C16H19NO. The lowest BCUT2D eigenvalue weighted by Gasteiger charge is -2.25. The lowest BCUT2D eigenvalue weighted by Crippen LogP contribution is -2.32. The summed E-state index contributed by atoms with van der Waals surface area (Å²) in [6.07, 6.45) is 0.0126. The maximum atomic E-state index is 6.09. The van der Waals surface area contributed by atoms with Gasteiger partial charge in [0.05, 0.1) is 0 Å². The molecule has 2 nitrogen and oxygen atoms in total. The molecule has 0 heterocycles. The van der Waals surface area contributed by atoms with Crippen LogP contribution in [0.15, 0.2) is 60.7 Å². The molecule has 18 heavy (non-hydrogen) atoms. The van der Waals surface area contributed by atoms with Crippen molar-refractivity contribution in [1.82, 2.24) is 5.32 Å². The first-order valence-electron chi connectivity index (χ1n) is 6.25. The first kappa shape index (κ1) is 12.7. The molecule has 0 aliphatic rings. The van der Waals surface area contributed by atoms with Gasteiger partial charge in [-0.25, -0.2) is 0 Å². The molecule has 0 amide bonds. The maximum Gasteiger partial charge on any atom is 0.139 e. The standard InChI is InChI=1S/C16H19NO/c1-13(17-2)16(14-9-5-3-6-10-14)18-15-11-7-4-8-12-15/h3-13,16-17H,1-2H3. The van der Waals surface area contributed by atoms with Gasteiger partial charge < -0.3 is 10.1 Å². The van der Waals surface area contributed by atoms with Crippen LogP contribution < -0.4 is 10.1 Å². The summed E-state index contributed by atoms with van der Waals surface area (Å²) in [4.78, 5) is 0. The molecule has 0 aliphatic heterocycles. The average molecular weight is 241 g/mol. The van der Waals surface area contributed by atoms with Gasteiger partial charge in [0, 0.05) is 6.04 Å². The third-order valence-electron chi connectivity index (χ3n) is 3.04. The Hall–Kier alpha value is -1.80. The molecule has 2 heteroatoms. The van der Waals surface area contributed by atoms with Gasteiger partial charge in [0.15, 0.2) is 0 Å². The van der Waals surface area contributed by atoms with E-state index in [1.54, 1.807) is 0 Å². The van der Waals surface area contributed by atoms with Gasteiger partial charge in [0.1, 0.15) is 11.9 Å². The van der Waals surface area contributed by atoms with E-state index in [-0.39, 0.29) is 12.1 Å².